The quantitative estimate of drug-likeness (QED) is 0.895. The minimum absolute atomic E-state index is 0.00274. The Morgan fingerprint density at radius 1 is 1.24 bits per heavy atom. The standard InChI is InChI=1S/C20H26N2O3/c1-13(19-14(2)22-25-15(19)3)20(23)21-17-11-7-8-12-18(17)24-16-9-5-4-6-10-16/h4-6,9-10,13,17-18H,7-8,11-12H2,1-3H3,(H,21,23)/t13-,17+,18+/m0/s1. The van der Waals surface area contributed by atoms with Crippen molar-refractivity contribution in [2.75, 3.05) is 0 Å². The predicted octanol–water partition coefficient (Wildman–Crippen LogP) is 3.90. The van der Waals surface area contributed by atoms with Crippen LogP contribution in [0.2, 0.25) is 0 Å². The van der Waals surface area contributed by atoms with E-state index in [1.165, 1.54) is 0 Å². The van der Waals surface area contributed by atoms with Crippen LogP contribution in [0.3, 0.4) is 0 Å². The Morgan fingerprint density at radius 2 is 1.96 bits per heavy atom. The maximum Gasteiger partial charge on any atom is 0.227 e. The van der Waals surface area contributed by atoms with Gasteiger partial charge in [-0.3, -0.25) is 4.79 Å². The van der Waals surface area contributed by atoms with Crippen molar-refractivity contribution in [3.63, 3.8) is 0 Å². The number of aryl methyl sites for hydroxylation is 2. The third-order valence-corrected chi connectivity index (χ3v) is 4.98. The Morgan fingerprint density at radius 3 is 2.64 bits per heavy atom. The van der Waals surface area contributed by atoms with E-state index < -0.39 is 0 Å². The zero-order valence-corrected chi connectivity index (χ0v) is 15.1. The Balaban J connectivity index is 1.67. The minimum Gasteiger partial charge on any atom is -0.488 e. The van der Waals surface area contributed by atoms with Gasteiger partial charge in [-0.05, 0) is 52.2 Å². The molecule has 1 heterocycles. The highest BCUT2D eigenvalue weighted by molar-refractivity contribution is 5.84. The van der Waals surface area contributed by atoms with E-state index >= 15 is 0 Å². The second-order valence-corrected chi connectivity index (χ2v) is 6.83. The van der Waals surface area contributed by atoms with Gasteiger partial charge in [0, 0.05) is 5.56 Å². The van der Waals surface area contributed by atoms with E-state index in [9.17, 15) is 4.79 Å². The van der Waals surface area contributed by atoms with Gasteiger partial charge in [0.25, 0.3) is 0 Å². The monoisotopic (exact) mass is 342 g/mol. The average molecular weight is 342 g/mol. The summed E-state index contributed by atoms with van der Waals surface area (Å²) < 4.78 is 11.3. The van der Waals surface area contributed by atoms with Crippen LogP contribution < -0.4 is 10.1 Å². The van der Waals surface area contributed by atoms with Gasteiger partial charge in [0.1, 0.15) is 17.6 Å². The van der Waals surface area contributed by atoms with Crippen LogP contribution in [0.15, 0.2) is 34.9 Å². The highest BCUT2D eigenvalue weighted by Gasteiger charge is 2.31. The highest BCUT2D eigenvalue weighted by Crippen LogP contribution is 2.27. The van der Waals surface area contributed by atoms with Crippen molar-refractivity contribution in [1.29, 1.82) is 0 Å². The SMILES string of the molecule is Cc1noc(C)c1[C@H](C)C(=O)N[C@@H]1CCCC[C@H]1Oc1ccccc1. The van der Waals surface area contributed by atoms with Crippen LogP contribution in [0.4, 0.5) is 0 Å². The summed E-state index contributed by atoms with van der Waals surface area (Å²) in [7, 11) is 0. The van der Waals surface area contributed by atoms with E-state index in [4.69, 9.17) is 9.26 Å². The molecular formula is C20H26N2O3. The maximum atomic E-state index is 12.8. The van der Waals surface area contributed by atoms with Crippen LogP contribution in [-0.2, 0) is 4.79 Å². The average Bonchev–Trinajstić information content (AvgIpc) is 2.95. The van der Waals surface area contributed by atoms with Crippen molar-refractivity contribution in [3.8, 4) is 5.75 Å². The van der Waals surface area contributed by atoms with E-state index in [-0.39, 0.29) is 24.0 Å². The van der Waals surface area contributed by atoms with Gasteiger partial charge in [0.2, 0.25) is 5.91 Å². The van der Waals surface area contributed by atoms with Gasteiger partial charge in [0.05, 0.1) is 17.7 Å². The maximum absolute atomic E-state index is 12.8. The van der Waals surface area contributed by atoms with Crippen LogP contribution in [0.5, 0.6) is 5.75 Å². The lowest BCUT2D eigenvalue weighted by atomic mass is 9.91. The van der Waals surface area contributed by atoms with E-state index in [2.05, 4.69) is 10.5 Å². The number of benzene rings is 1. The molecule has 1 amide bonds. The van der Waals surface area contributed by atoms with Crippen LogP contribution in [-0.4, -0.2) is 23.2 Å². The van der Waals surface area contributed by atoms with Crippen LogP contribution in [0, 0.1) is 13.8 Å². The number of rotatable bonds is 5. The van der Waals surface area contributed by atoms with Gasteiger partial charge in [-0.25, -0.2) is 0 Å². The normalized spacial score (nSPS) is 21.6. The summed E-state index contributed by atoms with van der Waals surface area (Å²) in [4.78, 5) is 12.8. The summed E-state index contributed by atoms with van der Waals surface area (Å²) in [6, 6.07) is 9.85. The topological polar surface area (TPSA) is 64.4 Å². The molecule has 0 bridgehead atoms. The van der Waals surface area contributed by atoms with Gasteiger partial charge < -0.3 is 14.6 Å². The molecule has 0 saturated heterocycles. The second-order valence-electron chi connectivity index (χ2n) is 6.83. The molecule has 5 nitrogen and oxygen atoms in total. The molecule has 0 unspecified atom stereocenters. The van der Waals surface area contributed by atoms with Gasteiger partial charge in [-0.15, -0.1) is 0 Å². The Kier molecular flexibility index (Phi) is 5.41. The highest BCUT2D eigenvalue weighted by atomic mass is 16.5. The lowest BCUT2D eigenvalue weighted by molar-refractivity contribution is -0.124. The molecule has 3 rings (SSSR count). The molecule has 5 heteroatoms. The first-order valence-corrected chi connectivity index (χ1v) is 9.01. The molecule has 1 aliphatic carbocycles. The van der Waals surface area contributed by atoms with Gasteiger partial charge in [0.15, 0.2) is 0 Å². The molecular weight excluding hydrogens is 316 g/mol. The number of carbonyl (C=O) groups excluding carboxylic acids is 1. The van der Waals surface area contributed by atoms with E-state index in [0.717, 1.165) is 42.7 Å². The fourth-order valence-corrected chi connectivity index (χ4v) is 3.62. The third-order valence-electron chi connectivity index (χ3n) is 4.98. The molecule has 1 fully saturated rings. The summed E-state index contributed by atoms with van der Waals surface area (Å²) in [5, 5.41) is 7.16. The van der Waals surface area contributed by atoms with Gasteiger partial charge >= 0.3 is 0 Å². The van der Waals surface area contributed by atoms with Crippen molar-refractivity contribution in [2.24, 2.45) is 0 Å². The molecule has 1 aromatic carbocycles. The Bertz CT molecular complexity index is 691. The van der Waals surface area contributed by atoms with Crippen LogP contribution >= 0.6 is 0 Å². The van der Waals surface area contributed by atoms with Crippen molar-refractivity contribution in [2.45, 2.75) is 64.5 Å². The molecule has 1 saturated carbocycles. The van der Waals surface area contributed by atoms with E-state index in [1.807, 2.05) is 51.1 Å². The molecule has 0 aliphatic heterocycles. The summed E-state index contributed by atoms with van der Waals surface area (Å²) in [6.45, 7) is 5.62. The zero-order valence-electron chi connectivity index (χ0n) is 15.1. The number of nitrogens with one attached hydrogen (secondary N) is 1. The molecule has 0 radical (unpaired) electrons. The largest absolute Gasteiger partial charge is 0.488 e. The van der Waals surface area contributed by atoms with Gasteiger partial charge in [-0.1, -0.05) is 29.8 Å². The summed E-state index contributed by atoms with van der Waals surface area (Å²) >= 11 is 0. The van der Waals surface area contributed by atoms with Crippen molar-refractivity contribution in [1.82, 2.24) is 10.5 Å². The van der Waals surface area contributed by atoms with E-state index in [1.54, 1.807) is 0 Å². The Labute approximate surface area is 148 Å². The molecule has 134 valence electrons. The first kappa shape index (κ1) is 17.5. The first-order chi connectivity index (χ1) is 12.1. The van der Waals surface area contributed by atoms with E-state index in [0.29, 0.717) is 5.76 Å². The summed E-state index contributed by atoms with van der Waals surface area (Å²) in [5.41, 5.74) is 1.66. The fourth-order valence-electron chi connectivity index (χ4n) is 3.62. The number of para-hydroxylation sites is 1. The number of hydrogen-bond acceptors (Lipinski definition) is 4. The molecule has 1 N–H and O–H groups in total. The smallest absolute Gasteiger partial charge is 0.227 e. The zero-order chi connectivity index (χ0) is 17.8. The number of hydrogen-bond donors (Lipinski definition) is 1. The third kappa shape index (κ3) is 4.03. The predicted molar refractivity (Wildman–Crippen MR) is 95.6 cm³/mol. The Hall–Kier alpha value is -2.30. The molecule has 0 spiro atoms. The van der Waals surface area contributed by atoms with Crippen molar-refractivity contribution < 1.29 is 14.1 Å². The fraction of sp³-hybridized carbons (Fsp3) is 0.500. The molecule has 3 atom stereocenters. The van der Waals surface area contributed by atoms with Crippen molar-refractivity contribution >= 4 is 5.91 Å². The first-order valence-electron chi connectivity index (χ1n) is 9.01. The molecule has 1 aromatic heterocycles. The van der Waals surface area contributed by atoms with Crippen LogP contribution in [0.25, 0.3) is 0 Å². The number of carbonyl (C=O) groups is 1. The lowest BCUT2D eigenvalue weighted by Gasteiger charge is -2.33. The lowest BCUT2D eigenvalue weighted by Crippen LogP contribution is -2.48. The second kappa shape index (κ2) is 7.72. The molecule has 25 heavy (non-hydrogen) atoms. The van der Waals surface area contributed by atoms with Gasteiger partial charge in [-0.2, -0.15) is 0 Å². The minimum atomic E-state index is -0.287. The molecule has 2 aromatic rings. The summed E-state index contributed by atoms with van der Waals surface area (Å²) in [5.74, 6) is 1.28. The summed E-state index contributed by atoms with van der Waals surface area (Å²) in [6.07, 6.45) is 4.15. The number of nitrogens with zero attached hydrogens (tertiary/aromatic N) is 1. The number of ether oxygens (including phenoxy) is 1. The number of amides is 1. The van der Waals surface area contributed by atoms with Crippen LogP contribution in [0.1, 0.15) is 55.5 Å². The number of aromatic nitrogens is 1. The van der Waals surface area contributed by atoms with Crippen molar-refractivity contribution in [3.05, 3.63) is 47.3 Å². The molecule has 1 aliphatic rings.